The highest BCUT2D eigenvalue weighted by atomic mass is 19.4. The fourth-order valence-electron chi connectivity index (χ4n) is 2.49. The Kier molecular flexibility index (Phi) is 6.41. The second kappa shape index (κ2) is 7.42. The van der Waals surface area contributed by atoms with Crippen LogP contribution in [0.1, 0.15) is 24.5 Å². The molecule has 15 heteroatoms. The van der Waals surface area contributed by atoms with Crippen molar-refractivity contribution in [2.75, 3.05) is 0 Å². The summed E-state index contributed by atoms with van der Waals surface area (Å²) in [6, 6.07) is 5.00. The number of aliphatic hydroxyl groups is 1. The van der Waals surface area contributed by atoms with Crippen molar-refractivity contribution in [2.24, 2.45) is 0 Å². The van der Waals surface area contributed by atoms with Crippen LogP contribution in [0.2, 0.25) is 0 Å². The maximum Gasteiger partial charge on any atom is 0.460 e. The van der Waals surface area contributed by atoms with Crippen LogP contribution in [0.15, 0.2) is 24.3 Å². The number of nitrogens with zero attached hydrogens (tertiary/aromatic N) is 1. The second-order valence-corrected chi connectivity index (χ2v) is 6.61. The van der Waals surface area contributed by atoms with Gasteiger partial charge in [-0.05, 0) is 13.0 Å². The maximum absolute atomic E-state index is 14.0. The molecule has 1 unspecified atom stereocenters. The van der Waals surface area contributed by atoms with E-state index in [2.05, 4.69) is 0 Å². The van der Waals surface area contributed by atoms with E-state index in [9.17, 15) is 62.2 Å². The summed E-state index contributed by atoms with van der Waals surface area (Å²) in [6.07, 6.45) is -10.3. The van der Waals surface area contributed by atoms with Gasteiger partial charge in [0, 0.05) is 5.56 Å². The van der Waals surface area contributed by atoms with Gasteiger partial charge in [-0.15, -0.1) is 0 Å². The molecule has 0 amide bonds. The van der Waals surface area contributed by atoms with E-state index in [0.29, 0.717) is 6.07 Å². The highest BCUT2D eigenvalue weighted by Crippen LogP contribution is 2.61. The first-order valence-corrected chi connectivity index (χ1v) is 7.69. The summed E-state index contributed by atoms with van der Waals surface area (Å²) < 4.78 is 171. The lowest BCUT2D eigenvalue weighted by atomic mass is 9.83. The standard InChI is InChI=1S/C16H10F13NO/c1-10(31,9-5-3-2-4-8(9)6-30)7-11(17,18)12(19,20)13(21,22)14(23,24)15(25,26)16(27,28)29/h2-5,31H,7H2,1H3. The van der Waals surface area contributed by atoms with E-state index < -0.39 is 58.9 Å². The average Bonchev–Trinajstić information content (AvgIpc) is 2.59. The summed E-state index contributed by atoms with van der Waals surface area (Å²) in [7, 11) is 0. The Morgan fingerprint density at radius 1 is 0.742 bits per heavy atom. The van der Waals surface area contributed by atoms with Crippen LogP contribution in [0.3, 0.4) is 0 Å². The first kappa shape index (κ1) is 26.8. The van der Waals surface area contributed by atoms with Crippen molar-refractivity contribution in [3.8, 4) is 6.07 Å². The molecule has 0 saturated carbocycles. The van der Waals surface area contributed by atoms with Crippen LogP contribution < -0.4 is 0 Å². The van der Waals surface area contributed by atoms with Gasteiger partial charge >= 0.3 is 35.8 Å². The molecule has 0 radical (unpaired) electrons. The van der Waals surface area contributed by atoms with E-state index in [-0.39, 0.29) is 6.92 Å². The summed E-state index contributed by atoms with van der Waals surface area (Å²) in [4.78, 5) is 0. The van der Waals surface area contributed by atoms with E-state index in [0.717, 1.165) is 18.2 Å². The van der Waals surface area contributed by atoms with Gasteiger partial charge < -0.3 is 5.11 Å². The maximum atomic E-state index is 14.0. The minimum atomic E-state index is -8.01. The van der Waals surface area contributed by atoms with Crippen molar-refractivity contribution in [2.45, 2.75) is 54.7 Å². The first-order valence-electron chi connectivity index (χ1n) is 7.69. The Bertz CT molecular complexity index is 852. The first-order chi connectivity index (χ1) is 13.5. The number of hydrogen-bond donors (Lipinski definition) is 1. The Balaban J connectivity index is 3.51. The van der Waals surface area contributed by atoms with Crippen LogP contribution >= 0.6 is 0 Å². The van der Waals surface area contributed by atoms with Crippen LogP contribution in [0.5, 0.6) is 0 Å². The van der Waals surface area contributed by atoms with Gasteiger partial charge in [-0.1, -0.05) is 18.2 Å². The summed E-state index contributed by atoms with van der Waals surface area (Å²) >= 11 is 0. The largest absolute Gasteiger partial charge is 0.460 e. The predicted molar refractivity (Wildman–Crippen MR) is 76.1 cm³/mol. The van der Waals surface area contributed by atoms with Crippen LogP contribution in [-0.2, 0) is 5.60 Å². The molecular formula is C16H10F13NO. The molecular weight excluding hydrogens is 469 g/mol. The highest BCUT2D eigenvalue weighted by Gasteiger charge is 2.90. The van der Waals surface area contributed by atoms with Gasteiger partial charge in [-0.3, -0.25) is 0 Å². The van der Waals surface area contributed by atoms with Gasteiger partial charge in [-0.2, -0.15) is 62.3 Å². The Labute approximate surface area is 164 Å². The van der Waals surface area contributed by atoms with Crippen molar-refractivity contribution in [3.05, 3.63) is 35.4 Å². The SMILES string of the molecule is CC(O)(CC(F)(F)C(F)(F)C(F)(F)C(F)(F)C(F)(F)C(F)(F)F)c1ccccc1C#N. The minimum Gasteiger partial charge on any atom is -0.385 e. The molecule has 31 heavy (non-hydrogen) atoms. The molecule has 0 saturated heterocycles. The summed E-state index contributed by atoms with van der Waals surface area (Å²) in [5.74, 6) is -37.7. The monoisotopic (exact) mass is 479 g/mol. The molecule has 1 rings (SSSR count). The third-order valence-corrected chi connectivity index (χ3v) is 4.19. The average molecular weight is 479 g/mol. The fourth-order valence-corrected chi connectivity index (χ4v) is 2.49. The van der Waals surface area contributed by atoms with Gasteiger partial charge in [0.2, 0.25) is 0 Å². The number of benzene rings is 1. The van der Waals surface area contributed by atoms with Gasteiger partial charge in [0.1, 0.15) is 0 Å². The lowest BCUT2D eigenvalue weighted by molar-refractivity contribution is -0.441. The Hall–Kier alpha value is -2.24. The molecule has 0 heterocycles. The zero-order valence-electron chi connectivity index (χ0n) is 14.8. The van der Waals surface area contributed by atoms with Gasteiger partial charge in [0.15, 0.2) is 0 Å². The smallest absolute Gasteiger partial charge is 0.385 e. The van der Waals surface area contributed by atoms with Crippen LogP contribution in [-0.4, -0.2) is 40.9 Å². The summed E-state index contributed by atoms with van der Waals surface area (Å²) in [6.45, 7) is 0.285. The highest BCUT2D eigenvalue weighted by molar-refractivity contribution is 5.41. The van der Waals surface area contributed by atoms with E-state index in [1.54, 1.807) is 0 Å². The predicted octanol–water partition coefficient (Wildman–Crippen LogP) is 5.89. The van der Waals surface area contributed by atoms with Crippen LogP contribution in [0.4, 0.5) is 57.1 Å². The molecule has 0 aliphatic carbocycles. The van der Waals surface area contributed by atoms with Gasteiger partial charge in [0.05, 0.1) is 23.7 Å². The van der Waals surface area contributed by atoms with Crippen molar-refractivity contribution in [1.29, 1.82) is 5.26 Å². The van der Waals surface area contributed by atoms with Crippen molar-refractivity contribution in [1.82, 2.24) is 0 Å². The molecule has 1 atom stereocenters. The molecule has 0 aromatic heterocycles. The zero-order valence-corrected chi connectivity index (χ0v) is 14.8. The van der Waals surface area contributed by atoms with E-state index >= 15 is 0 Å². The second-order valence-electron chi connectivity index (χ2n) is 6.61. The van der Waals surface area contributed by atoms with Crippen LogP contribution in [0.25, 0.3) is 0 Å². The zero-order chi connectivity index (χ0) is 24.9. The van der Waals surface area contributed by atoms with Crippen molar-refractivity contribution in [3.63, 3.8) is 0 Å². The molecule has 0 fully saturated rings. The minimum absolute atomic E-state index is 0.285. The molecule has 1 N–H and O–H groups in total. The lowest BCUT2D eigenvalue weighted by Crippen LogP contribution is -2.70. The molecule has 1 aromatic rings. The van der Waals surface area contributed by atoms with E-state index in [1.165, 1.54) is 6.07 Å². The number of nitriles is 1. The molecule has 1 aromatic carbocycles. The number of halogens is 13. The molecule has 0 aliphatic heterocycles. The van der Waals surface area contributed by atoms with Crippen LogP contribution in [0, 0.1) is 11.3 Å². The molecule has 0 aliphatic rings. The Morgan fingerprint density at radius 2 is 1.16 bits per heavy atom. The van der Waals surface area contributed by atoms with Crippen molar-refractivity contribution >= 4 is 0 Å². The molecule has 0 spiro atoms. The molecule has 2 nitrogen and oxygen atoms in total. The normalized spacial score (nSPS) is 16.6. The quantitative estimate of drug-likeness (QED) is 0.496. The van der Waals surface area contributed by atoms with E-state index in [4.69, 9.17) is 5.26 Å². The number of rotatable bonds is 7. The van der Waals surface area contributed by atoms with Gasteiger partial charge in [-0.25, -0.2) is 0 Å². The fraction of sp³-hybridized carbons (Fsp3) is 0.562. The summed E-state index contributed by atoms with van der Waals surface area (Å²) in [5.41, 5.74) is -4.80. The Morgan fingerprint density at radius 3 is 1.58 bits per heavy atom. The third kappa shape index (κ3) is 4.01. The number of alkyl halides is 13. The third-order valence-electron chi connectivity index (χ3n) is 4.19. The molecule has 0 bridgehead atoms. The van der Waals surface area contributed by atoms with Gasteiger partial charge in [0.25, 0.3) is 0 Å². The topological polar surface area (TPSA) is 44.0 Å². The van der Waals surface area contributed by atoms with Crippen molar-refractivity contribution < 1.29 is 62.2 Å². The van der Waals surface area contributed by atoms with E-state index in [1.807, 2.05) is 0 Å². The lowest BCUT2D eigenvalue weighted by Gasteiger charge is -2.41. The summed E-state index contributed by atoms with van der Waals surface area (Å²) in [5, 5.41) is 18.9. The molecule has 176 valence electrons. The number of hydrogen-bond acceptors (Lipinski definition) is 2.